The number of hydrogen-bond acceptors (Lipinski definition) is 6. The van der Waals surface area contributed by atoms with Crippen LogP contribution in [0.1, 0.15) is 98.7 Å². The van der Waals surface area contributed by atoms with Gasteiger partial charge in [0.1, 0.15) is 23.2 Å². The molecule has 248 valence electrons. The van der Waals surface area contributed by atoms with Crippen LogP contribution in [0.5, 0.6) is 11.5 Å². The molecule has 2 heterocycles. The highest BCUT2D eigenvalue weighted by Gasteiger charge is 2.26. The summed E-state index contributed by atoms with van der Waals surface area (Å²) in [6.07, 6.45) is 10.2. The number of hydrogen-bond donors (Lipinski definition) is 1. The summed E-state index contributed by atoms with van der Waals surface area (Å²) in [6, 6.07) is 19.2. The molecular weight excluding hydrogens is 605 g/mol. The molecular formula is C40H48N2O4S. The van der Waals surface area contributed by atoms with Gasteiger partial charge in [-0.2, -0.15) is 0 Å². The number of fused-ring (bicyclic) bond motifs is 1. The van der Waals surface area contributed by atoms with E-state index < -0.39 is 17.9 Å². The molecule has 0 bridgehead atoms. The van der Waals surface area contributed by atoms with Crippen molar-refractivity contribution in [1.82, 2.24) is 10.3 Å². The van der Waals surface area contributed by atoms with Crippen molar-refractivity contribution >= 4 is 40.1 Å². The van der Waals surface area contributed by atoms with Crippen LogP contribution in [0.4, 0.5) is 0 Å². The van der Waals surface area contributed by atoms with Crippen LogP contribution in [0.25, 0.3) is 16.8 Å². The molecule has 0 spiro atoms. The molecule has 1 atom stereocenters. The fourth-order valence-corrected chi connectivity index (χ4v) is 6.93. The quantitative estimate of drug-likeness (QED) is 0.173. The fourth-order valence-electron chi connectivity index (χ4n) is 5.97. The number of benzene rings is 2. The zero-order valence-corrected chi connectivity index (χ0v) is 29.6. The Balaban J connectivity index is 1.39. The van der Waals surface area contributed by atoms with Gasteiger partial charge in [0.05, 0.1) is 7.11 Å². The molecule has 47 heavy (non-hydrogen) atoms. The Morgan fingerprint density at radius 1 is 0.957 bits per heavy atom. The number of ether oxygens (including phenoxy) is 2. The van der Waals surface area contributed by atoms with E-state index in [-0.39, 0.29) is 10.8 Å². The molecule has 1 aliphatic rings. The molecule has 2 aromatic carbocycles. The van der Waals surface area contributed by atoms with Crippen molar-refractivity contribution in [3.05, 3.63) is 93.4 Å². The van der Waals surface area contributed by atoms with Crippen molar-refractivity contribution in [1.29, 1.82) is 0 Å². The molecule has 1 fully saturated rings. The number of esters is 1. The van der Waals surface area contributed by atoms with Gasteiger partial charge in [0.2, 0.25) is 0 Å². The lowest BCUT2D eigenvalue weighted by molar-refractivity contribution is -0.142. The minimum atomic E-state index is -0.832. The van der Waals surface area contributed by atoms with Crippen LogP contribution in [-0.2, 0) is 27.8 Å². The van der Waals surface area contributed by atoms with Crippen molar-refractivity contribution < 1.29 is 19.1 Å². The maximum absolute atomic E-state index is 13.7. The van der Waals surface area contributed by atoms with E-state index >= 15 is 0 Å². The summed E-state index contributed by atoms with van der Waals surface area (Å²) in [5.41, 5.74) is 2.57. The van der Waals surface area contributed by atoms with Crippen molar-refractivity contribution in [3.63, 3.8) is 0 Å². The topological polar surface area (TPSA) is 77.5 Å². The lowest BCUT2D eigenvalue weighted by atomic mass is 9.87. The Labute approximate surface area is 283 Å². The number of nitrogens with one attached hydrogen (secondary N) is 1. The number of methoxy groups -OCH3 is 1. The smallest absolute Gasteiger partial charge is 0.328 e. The number of rotatable bonds is 10. The molecule has 1 saturated carbocycles. The number of allylic oxidation sites excluding steroid dienone is 1. The molecule has 0 aliphatic heterocycles. The van der Waals surface area contributed by atoms with Crippen LogP contribution in [-0.4, -0.2) is 30.0 Å². The van der Waals surface area contributed by atoms with E-state index in [0.717, 1.165) is 57.0 Å². The van der Waals surface area contributed by atoms with Gasteiger partial charge in [0.15, 0.2) is 0 Å². The van der Waals surface area contributed by atoms with Crippen LogP contribution in [0, 0.1) is 11.3 Å². The Kier molecular flexibility index (Phi) is 10.5. The van der Waals surface area contributed by atoms with E-state index in [1.54, 1.807) is 17.4 Å². The van der Waals surface area contributed by atoms with Crippen molar-refractivity contribution in [2.75, 3.05) is 7.11 Å². The molecule has 2 aromatic heterocycles. The second-order valence-corrected chi connectivity index (χ2v) is 16.0. The number of nitrogens with zero attached hydrogens (tertiary/aromatic N) is 1. The Bertz CT molecular complexity index is 1730. The number of thiophene rings is 1. The largest absolute Gasteiger partial charge is 0.467 e. The van der Waals surface area contributed by atoms with E-state index in [9.17, 15) is 9.59 Å². The zero-order valence-electron chi connectivity index (χ0n) is 28.8. The molecule has 1 amide bonds. The van der Waals surface area contributed by atoms with Crippen molar-refractivity contribution in [2.45, 2.75) is 91.5 Å². The summed E-state index contributed by atoms with van der Waals surface area (Å²) in [7, 11) is 1.35. The molecule has 1 aliphatic carbocycles. The maximum Gasteiger partial charge on any atom is 0.328 e. The van der Waals surface area contributed by atoms with E-state index in [4.69, 9.17) is 14.5 Å². The van der Waals surface area contributed by atoms with E-state index in [0.29, 0.717) is 18.0 Å². The lowest BCUT2D eigenvalue weighted by Crippen LogP contribution is -2.43. The summed E-state index contributed by atoms with van der Waals surface area (Å²) in [5.74, 6) is 1.16. The molecule has 5 rings (SSSR count). The van der Waals surface area contributed by atoms with Crippen LogP contribution in [0.15, 0.2) is 66.7 Å². The summed E-state index contributed by atoms with van der Waals surface area (Å²) in [5, 5.41) is 4.83. The highest BCUT2D eigenvalue weighted by atomic mass is 32.1. The van der Waals surface area contributed by atoms with E-state index in [1.165, 1.54) is 25.5 Å². The highest BCUT2D eigenvalue weighted by Crippen LogP contribution is 2.33. The van der Waals surface area contributed by atoms with E-state index in [2.05, 4.69) is 71.1 Å². The first-order valence-electron chi connectivity index (χ1n) is 16.7. The van der Waals surface area contributed by atoms with Gasteiger partial charge in [0.25, 0.3) is 5.91 Å². The molecule has 1 unspecified atom stereocenters. The minimum absolute atomic E-state index is 0.0696. The molecule has 6 nitrogen and oxygen atoms in total. The number of aromatic nitrogens is 1. The predicted molar refractivity (Wildman–Crippen MR) is 192 cm³/mol. The number of carbonyl (C=O) groups is 2. The standard InChI is InChI=1S/C40H48N2O4S/c1-39(2,3)21-20-31-18-19-32(47-31)25-36(38(44)45-7)42-37(43)35-23-27-12-15-30(46-29-16-13-28(14-17-29)40(4,5)6)24-33(27)34(41-35)22-26-10-8-9-11-26/h12-21,23-24,26,36H,8-11,22,25H2,1-7H3,(H,42,43). The van der Waals surface area contributed by atoms with Crippen LogP contribution < -0.4 is 10.1 Å². The van der Waals surface area contributed by atoms with Gasteiger partial charge in [-0.25, -0.2) is 9.78 Å². The van der Waals surface area contributed by atoms with Gasteiger partial charge in [-0.1, -0.05) is 91.5 Å². The predicted octanol–water partition coefficient (Wildman–Crippen LogP) is 9.69. The molecule has 7 heteroatoms. The van der Waals surface area contributed by atoms with Crippen LogP contribution in [0.2, 0.25) is 0 Å². The molecule has 1 N–H and O–H groups in total. The lowest BCUT2D eigenvalue weighted by Gasteiger charge is -2.19. The number of amides is 1. The Morgan fingerprint density at radius 3 is 2.32 bits per heavy atom. The van der Waals surface area contributed by atoms with Gasteiger partial charge in [0, 0.05) is 27.3 Å². The van der Waals surface area contributed by atoms with Gasteiger partial charge < -0.3 is 14.8 Å². The summed E-state index contributed by atoms with van der Waals surface area (Å²) >= 11 is 1.60. The third kappa shape index (κ3) is 9.32. The first-order chi connectivity index (χ1) is 22.3. The second-order valence-electron chi connectivity index (χ2n) is 14.8. The normalized spacial score (nSPS) is 14.9. The average molecular weight is 653 g/mol. The van der Waals surface area contributed by atoms with Crippen LogP contribution in [0.3, 0.4) is 0 Å². The minimum Gasteiger partial charge on any atom is -0.467 e. The zero-order chi connectivity index (χ0) is 33.8. The fraction of sp³-hybridized carbons (Fsp3) is 0.425. The first kappa shape index (κ1) is 34.4. The van der Waals surface area contributed by atoms with E-state index in [1.807, 2.05) is 42.5 Å². The SMILES string of the molecule is COC(=O)C(Cc1ccc(C=CC(C)(C)C)s1)NC(=O)c1cc2ccc(Oc3ccc(C(C)(C)C)cc3)cc2c(CC2CCCC2)n1. The summed E-state index contributed by atoms with van der Waals surface area (Å²) in [4.78, 5) is 33.6. The Hall–Kier alpha value is -3.97. The average Bonchev–Trinajstić information content (AvgIpc) is 3.71. The van der Waals surface area contributed by atoms with Gasteiger partial charge in [-0.3, -0.25) is 4.79 Å². The number of carbonyl (C=O) groups excluding carboxylic acids is 2. The molecule has 0 radical (unpaired) electrons. The van der Waals surface area contributed by atoms with Crippen molar-refractivity contribution in [3.8, 4) is 11.5 Å². The maximum atomic E-state index is 13.7. The molecule has 4 aromatic rings. The summed E-state index contributed by atoms with van der Waals surface area (Å²) < 4.78 is 11.4. The van der Waals surface area contributed by atoms with Gasteiger partial charge in [-0.05, 0) is 82.7 Å². The highest BCUT2D eigenvalue weighted by molar-refractivity contribution is 7.12. The third-order valence-corrected chi connectivity index (χ3v) is 9.73. The number of pyridine rings is 1. The van der Waals surface area contributed by atoms with Gasteiger partial charge in [-0.15, -0.1) is 11.3 Å². The van der Waals surface area contributed by atoms with Crippen molar-refractivity contribution in [2.24, 2.45) is 11.3 Å². The summed E-state index contributed by atoms with van der Waals surface area (Å²) in [6.45, 7) is 13.0. The van der Waals surface area contributed by atoms with Gasteiger partial charge >= 0.3 is 5.97 Å². The Morgan fingerprint density at radius 2 is 1.66 bits per heavy atom. The second kappa shape index (κ2) is 14.4. The van der Waals surface area contributed by atoms with Crippen LogP contribution >= 0.6 is 11.3 Å². The third-order valence-electron chi connectivity index (χ3n) is 8.66. The molecule has 0 saturated heterocycles. The monoisotopic (exact) mass is 652 g/mol. The first-order valence-corrected chi connectivity index (χ1v) is 17.5.